The average Bonchev–Trinajstić information content (AvgIpc) is 2.35. The second-order valence-corrected chi connectivity index (χ2v) is 3.60. The lowest BCUT2D eigenvalue weighted by Crippen LogP contribution is -2.24. The molecule has 2 aromatic rings. The Kier molecular flexibility index (Phi) is 3.54. The molecule has 1 aromatic carbocycles. The second kappa shape index (κ2) is 5.28. The predicted octanol–water partition coefficient (Wildman–Crippen LogP) is -0.248. The molecular formula is C11H12N4O3. The molecule has 7 nitrogen and oxygen atoms in total. The summed E-state index contributed by atoms with van der Waals surface area (Å²) in [7, 11) is 0. The smallest absolute Gasteiger partial charge is 0.342 e. The lowest BCUT2D eigenvalue weighted by Gasteiger charge is -2.04. The largest absolute Gasteiger partial charge is 0.434 e. The van der Waals surface area contributed by atoms with Gasteiger partial charge in [0, 0.05) is 0 Å². The third-order valence-corrected chi connectivity index (χ3v) is 2.25. The van der Waals surface area contributed by atoms with Gasteiger partial charge in [-0.05, 0) is 30.7 Å². The van der Waals surface area contributed by atoms with E-state index in [9.17, 15) is 9.59 Å². The number of aromatic amines is 2. The van der Waals surface area contributed by atoms with E-state index >= 15 is 0 Å². The zero-order valence-corrected chi connectivity index (χ0v) is 9.47. The van der Waals surface area contributed by atoms with Gasteiger partial charge in [-0.15, -0.1) is 5.10 Å². The third kappa shape index (κ3) is 2.83. The van der Waals surface area contributed by atoms with Crippen LogP contribution in [0.25, 0.3) is 0 Å². The molecule has 0 aliphatic rings. The van der Waals surface area contributed by atoms with Gasteiger partial charge in [-0.3, -0.25) is 9.78 Å². The van der Waals surface area contributed by atoms with E-state index in [1.165, 1.54) is 0 Å². The maximum Gasteiger partial charge on any atom is 0.342 e. The van der Waals surface area contributed by atoms with E-state index in [1.807, 2.05) is 17.1 Å². The van der Waals surface area contributed by atoms with Crippen LogP contribution in [-0.2, 0) is 6.42 Å². The molecule has 0 saturated carbocycles. The first-order valence-electron chi connectivity index (χ1n) is 5.35. The number of hydrogen-bond donors (Lipinski definition) is 3. The van der Waals surface area contributed by atoms with Crippen molar-refractivity contribution in [3.8, 4) is 11.6 Å². The van der Waals surface area contributed by atoms with Gasteiger partial charge in [-0.1, -0.05) is 12.1 Å². The summed E-state index contributed by atoms with van der Waals surface area (Å²) < 4.78 is 5.24. The van der Waals surface area contributed by atoms with Crippen LogP contribution < -0.4 is 21.7 Å². The summed E-state index contributed by atoms with van der Waals surface area (Å²) in [6, 6.07) is 7.11. The highest BCUT2D eigenvalue weighted by Gasteiger charge is 2.04. The molecule has 0 amide bonds. The first-order chi connectivity index (χ1) is 8.69. The van der Waals surface area contributed by atoms with E-state index in [0.717, 1.165) is 12.0 Å². The summed E-state index contributed by atoms with van der Waals surface area (Å²) in [5, 5.41) is 5.60. The van der Waals surface area contributed by atoms with E-state index in [0.29, 0.717) is 12.3 Å². The number of rotatable bonds is 4. The van der Waals surface area contributed by atoms with Crippen LogP contribution in [0, 0.1) is 0 Å². The maximum atomic E-state index is 11.3. The molecular weight excluding hydrogens is 236 g/mol. The van der Waals surface area contributed by atoms with Crippen molar-refractivity contribution in [2.75, 3.05) is 6.54 Å². The predicted molar refractivity (Wildman–Crippen MR) is 64.8 cm³/mol. The second-order valence-electron chi connectivity index (χ2n) is 3.60. The van der Waals surface area contributed by atoms with Crippen LogP contribution in [0.1, 0.15) is 5.56 Å². The fourth-order valence-corrected chi connectivity index (χ4v) is 1.41. The van der Waals surface area contributed by atoms with Gasteiger partial charge in [0.05, 0.1) is 0 Å². The number of hydrogen-bond acceptors (Lipinski definition) is 5. The molecule has 1 heterocycles. The van der Waals surface area contributed by atoms with Crippen molar-refractivity contribution in [2.24, 2.45) is 5.73 Å². The highest BCUT2D eigenvalue weighted by atomic mass is 16.5. The summed E-state index contributed by atoms with van der Waals surface area (Å²) in [5.41, 5.74) is 5.16. The Labute approximate surface area is 102 Å². The third-order valence-electron chi connectivity index (χ3n) is 2.25. The normalized spacial score (nSPS) is 10.3. The topological polar surface area (TPSA) is 114 Å². The van der Waals surface area contributed by atoms with Crippen molar-refractivity contribution in [1.29, 1.82) is 0 Å². The minimum atomic E-state index is -0.676. The van der Waals surface area contributed by atoms with Crippen LogP contribution in [0.2, 0.25) is 0 Å². The molecule has 0 aliphatic carbocycles. The van der Waals surface area contributed by atoms with Gasteiger partial charge in [0.1, 0.15) is 5.75 Å². The fourth-order valence-electron chi connectivity index (χ4n) is 1.41. The Morgan fingerprint density at radius 2 is 1.94 bits per heavy atom. The monoisotopic (exact) mass is 248 g/mol. The molecule has 18 heavy (non-hydrogen) atoms. The van der Waals surface area contributed by atoms with Crippen LogP contribution in [0.5, 0.6) is 11.6 Å². The number of nitrogens with two attached hydrogens (primary N) is 1. The Balaban J connectivity index is 2.18. The molecule has 0 saturated heterocycles. The van der Waals surface area contributed by atoms with Crippen molar-refractivity contribution in [3.63, 3.8) is 0 Å². The minimum Gasteiger partial charge on any atom is -0.434 e. The van der Waals surface area contributed by atoms with E-state index in [-0.39, 0.29) is 5.88 Å². The molecule has 94 valence electrons. The van der Waals surface area contributed by atoms with E-state index in [1.54, 1.807) is 12.1 Å². The van der Waals surface area contributed by atoms with Crippen molar-refractivity contribution >= 4 is 0 Å². The Morgan fingerprint density at radius 1 is 1.22 bits per heavy atom. The minimum absolute atomic E-state index is 0.207. The quantitative estimate of drug-likeness (QED) is 0.690. The summed E-state index contributed by atoms with van der Waals surface area (Å²) in [6.07, 6.45) is 0.776. The van der Waals surface area contributed by atoms with Crippen LogP contribution in [0.4, 0.5) is 0 Å². The molecule has 0 spiro atoms. The van der Waals surface area contributed by atoms with E-state index in [2.05, 4.69) is 10.2 Å². The van der Waals surface area contributed by atoms with Crippen molar-refractivity contribution in [2.45, 2.75) is 6.42 Å². The Bertz CT molecular complexity index is 630. The van der Waals surface area contributed by atoms with E-state index in [4.69, 9.17) is 10.5 Å². The summed E-state index contributed by atoms with van der Waals surface area (Å²) >= 11 is 0. The molecule has 0 fully saturated rings. The van der Waals surface area contributed by atoms with Crippen LogP contribution in [0.3, 0.4) is 0 Å². The molecule has 7 heteroatoms. The fraction of sp³-hybridized carbons (Fsp3) is 0.182. The van der Waals surface area contributed by atoms with Crippen molar-refractivity contribution < 1.29 is 4.74 Å². The zero-order valence-electron chi connectivity index (χ0n) is 9.47. The van der Waals surface area contributed by atoms with E-state index < -0.39 is 11.2 Å². The number of nitrogens with zero attached hydrogens (tertiary/aromatic N) is 1. The number of nitrogens with one attached hydrogen (secondary N) is 2. The summed E-state index contributed by atoms with van der Waals surface area (Å²) in [6.45, 7) is 0.571. The van der Waals surface area contributed by atoms with Crippen LogP contribution in [0.15, 0.2) is 33.9 Å². The van der Waals surface area contributed by atoms with Crippen molar-refractivity contribution in [1.82, 2.24) is 15.2 Å². The van der Waals surface area contributed by atoms with Gasteiger partial charge < -0.3 is 10.5 Å². The van der Waals surface area contributed by atoms with Gasteiger partial charge in [-0.2, -0.15) is 0 Å². The Hall–Kier alpha value is -2.41. The summed E-state index contributed by atoms with van der Waals surface area (Å²) in [4.78, 5) is 24.1. The molecule has 2 rings (SSSR count). The van der Waals surface area contributed by atoms with Gasteiger partial charge in [-0.25, -0.2) is 9.89 Å². The van der Waals surface area contributed by atoms with Crippen LogP contribution in [-0.4, -0.2) is 21.7 Å². The molecule has 1 aromatic heterocycles. The Morgan fingerprint density at radius 3 is 2.56 bits per heavy atom. The van der Waals surface area contributed by atoms with Gasteiger partial charge in [0.15, 0.2) is 0 Å². The zero-order chi connectivity index (χ0) is 13.0. The molecule has 0 aliphatic heterocycles. The lowest BCUT2D eigenvalue weighted by atomic mass is 10.1. The standard InChI is InChI=1S/C11H12N4O3/c12-6-5-7-1-3-8(4-2-7)18-10-9(16)13-11(17)15-14-10/h1-4H,5-6,12H2,(H2,13,15,16,17). The molecule has 4 N–H and O–H groups in total. The SMILES string of the molecule is NCCc1ccc(Oc2n[nH]c(=O)[nH]c2=O)cc1. The highest BCUT2D eigenvalue weighted by molar-refractivity contribution is 5.29. The number of H-pyrrole nitrogens is 2. The van der Waals surface area contributed by atoms with Gasteiger partial charge in [0.2, 0.25) is 0 Å². The first kappa shape index (κ1) is 12.1. The molecule has 0 radical (unpaired) electrons. The van der Waals surface area contributed by atoms with Gasteiger partial charge >= 0.3 is 17.1 Å². The maximum absolute atomic E-state index is 11.3. The number of ether oxygens (including phenoxy) is 1. The highest BCUT2D eigenvalue weighted by Crippen LogP contribution is 2.16. The number of aromatic nitrogens is 3. The lowest BCUT2D eigenvalue weighted by molar-refractivity contribution is 0.443. The molecule has 0 unspecified atom stereocenters. The molecule has 0 atom stereocenters. The number of benzene rings is 1. The average molecular weight is 248 g/mol. The van der Waals surface area contributed by atoms with Crippen molar-refractivity contribution in [3.05, 3.63) is 50.7 Å². The summed E-state index contributed by atoms with van der Waals surface area (Å²) in [5.74, 6) is 0.252. The first-order valence-corrected chi connectivity index (χ1v) is 5.35. The van der Waals surface area contributed by atoms with Crippen LogP contribution >= 0.6 is 0 Å². The molecule has 0 bridgehead atoms. The van der Waals surface area contributed by atoms with Gasteiger partial charge in [0.25, 0.3) is 0 Å².